The molecule has 112 valence electrons. The number of carbonyl (C=O) groups excluding carboxylic acids is 1. The van der Waals surface area contributed by atoms with E-state index in [1.807, 2.05) is 45.9 Å². The molecular weight excluding hydrogens is 248 g/mol. The topological polar surface area (TPSA) is 55.1 Å². The maximum absolute atomic E-state index is 12.2. The number of hydrogen-bond donors (Lipinski definition) is 2. The molecule has 3 nitrogen and oxygen atoms in total. The van der Waals surface area contributed by atoms with Crippen molar-refractivity contribution in [1.82, 2.24) is 5.32 Å². The van der Waals surface area contributed by atoms with E-state index >= 15 is 0 Å². The van der Waals surface area contributed by atoms with Crippen molar-refractivity contribution in [2.24, 2.45) is 11.1 Å². The number of benzene rings is 1. The summed E-state index contributed by atoms with van der Waals surface area (Å²) in [6.45, 7) is 10.4. The number of amides is 1. The lowest BCUT2D eigenvalue weighted by atomic mass is 9.74. The Hall–Kier alpha value is -1.35. The van der Waals surface area contributed by atoms with Gasteiger partial charge in [0.15, 0.2) is 0 Å². The molecule has 0 heterocycles. The van der Waals surface area contributed by atoms with E-state index in [-0.39, 0.29) is 5.91 Å². The quantitative estimate of drug-likeness (QED) is 0.839. The van der Waals surface area contributed by atoms with Crippen molar-refractivity contribution in [2.75, 3.05) is 6.54 Å². The Morgan fingerprint density at radius 3 is 2.25 bits per heavy atom. The summed E-state index contributed by atoms with van der Waals surface area (Å²) in [7, 11) is 0. The number of nitrogens with two attached hydrogens (primary N) is 1. The van der Waals surface area contributed by atoms with Gasteiger partial charge in [-0.05, 0) is 45.6 Å². The van der Waals surface area contributed by atoms with Crippen LogP contribution >= 0.6 is 0 Å². The lowest BCUT2D eigenvalue weighted by molar-refractivity contribution is -0.132. The van der Waals surface area contributed by atoms with Crippen LogP contribution in [0.4, 0.5) is 0 Å². The van der Waals surface area contributed by atoms with E-state index in [4.69, 9.17) is 5.73 Å². The summed E-state index contributed by atoms with van der Waals surface area (Å²) in [4.78, 5) is 12.2. The van der Waals surface area contributed by atoms with Crippen LogP contribution in [0.25, 0.3) is 0 Å². The van der Waals surface area contributed by atoms with Gasteiger partial charge in [-0.1, -0.05) is 37.3 Å². The molecule has 0 aliphatic carbocycles. The third-order valence-corrected chi connectivity index (χ3v) is 4.41. The highest BCUT2D eigenvalue weighted by molar-refractivity contribution is 5.83. The molecule has 0 saturated heterocycles. The molecule has 0 radical (unpaired) electrons. The van der Waals surface area contributed by atoms with Crippen molar-refractivity contribution in [2.45, 2.75) is 52.5 Å². The normalized spacial score (nSPS) is 13.9. The molecule has 0 aliphatic heterocycles. The van der Waals surface area contributed by atoms with Gasteiger partial charge in [-0.15, -0.1) is 0 Å². The molecule has 3 heteroatoms. The first-order valence-corrected chi connectivity index (χ1v) is 7.28. The van der Waals surface area contributed by atoms with Crippen molar-refractivity contribution < 1.29 is 4.79 Å². The largest absolute Gasteiger partial charge is 0.356 e. The lowest BCUT2D eigenvalue weighted by Gasteiger charge is -2.37. The second kappa shape index (κ2) is 6.40. The van der Waals surface area contributed by atoms with Gasteiger partial charge in [-0.3, -0.25) is 4.79 Å². The average Bonchev–Trinajstić information content (AvgIpc) is 2.38. The zero-order chi connectivity index (χ0) is 15.4. The smallest absolute Gasteiger partial charge is 0.227 e. The molecule has 0 bridgehead atoms. The number of nitrogens with one attached hydrogen (secondary N) is 1. The first-order valence-electron chi connectivity index (χ1n) is 7.28. The Labute approximate surface area is 122 Å². The molecule has 0 aliphatic rings. The van der Waals surface area contributed by atoms with Crippen LogP contribution in [-0.4, -0.2) is 18.0 Å². The molecule has 0 aromatic heterocycles. The van der Waals surface area contributed by atoms with Crippen LogP contribution in [0.2, 0.25) is 0 Å². The molecule has 0 spiro atoms. The van der Waals surface area contributed by atoms with Gasteiger partial charge in [0, 0.05) is 12.1 Å². The summed E-state index contributed by atoms with van der Waals surface area (Å²) in [5.74, 6) is 0.454. The van der Waals surface area contributed by atoms with E-state index in [2.05, 4.69) is 24.4 Å². The molecule has 1 amide bonds. The van der Waals surface area contributed by atoms with Gasteiger partial charge in [-0.25, -0.2) is 0 Å². The minimum absolute atomic E-state index is 0.0188. The van der Waals surface area contributed by atoms with Gasteiger partial charge < -0.3 is 11.1 Å². The molecule has 1 unspecified atom stereocenters. The Bertz CT molecular complexity index is 432. The Morgan fingerprint density at radius 1 is 1.20 bits per heavy atom. The van der Waals surface area contributed by atoms with Crippen molar-refractivity contribution in [3.05, 3.63) is 35.9 Å². The highest BCUT2D eigenvalue weighted by atomic mass is 16.2. The van der Waals surface area contributed by atoms with Crippen LogP contribution in [0.1, 0.15) is 52.5 Å². The fourth-order valence-corrected chi connectivity index (χ4v) is 1.86. The van der Waals surface area contributed by atoms with E-state index < -0.39 is 11.0 Å². The summed E-state index contributed by atoms with van der Waals surface area (Å²) in [6, 6.07) is 10.4. The number of hydrogen-bond acceptors (Lipinski definition) is 2. The highest BCUT2D eigenvalue weighted by Crippen LogP contribution is 2.28. The van der Waals surface area contributed by atoms with E-state index in [0.717, 1.165) is 6.42 Å². The summed E-state index contributed by atoms with van der Waals surface area (Å²) >= 11 is 0. The molecule has 0 fully saturated rings. The molecule has 0 saturated carbocycles. The Morgan fingerprint density at radius 2 is 1.75 bits per heavy atom. The summed E-state index contributed by atoms with van der Waals surface area (Å²) in [5.41, 5.74) is 6.26. The zero-order valence-electron chi connectivity index (χ0n) is 13.4. The minimum atomic E-state index is -0.580. The monoisotopic (exact) mass is 276 g/mol. The fraction of sp³-hybridized carbons (Fsp3) is 0.588. The maximum Gasteiger partial charge on any atom is 0.227 e. The van der Waals surface area contributed by atoms with Gasteiger partial charge in [-0.2, -0.15) is 0 Å². The Balaban J connectivity index is 2.47. The minimum Gasteiger partial charge on any atom is -0.356 e. The fourth-order valence-electron chi connectivity index (χ4n) is 1.86. The second-order valence-electron chi connectivity index (χ2n) is 6.70. The van der Waals surface area contributed by atoms with Crippen LogP contribution in [0.15, 0.2) is 30.3 Å². The highest BCUT2D eigenvalue weighted by Gasteiger charge is 2.40. The molecule has 1 aromatic rings. The molecule has 20 heavy (non-hydrogen) atoms. The van der Waals surface area contributed by atoms with Gasteiger partial charge in [0.25, 0.3) is 0 Å². The zero-order valence-corrected chi connectivity index (χ0v) is 13.4. The number of carbonyl (C=O) groups is 1. The maximum atomic E-state index is 12.2. The Kier molecular flexibility index (Phi) is 5.35. The van der Waals surface area contributed by atoms with Gasteiger partial charge in [0.05, 0.1) is 5.41 Å². The SMILES string of the molecule is CC(CCNC(=O)C(C)(C)C(C)(C)N)c1ccccc1. The average molecular weight is 276 g/mol. The van der Waals surface area contributed by atoms with Gasteiger partial charge >= 0.3 is 0 Å². The first-order chi connectivity index (χ1) is 9.16. The van der Waals surface area contributed by atoms with Gasteiger partial charge in [0.1, 0.15) is 0 Å². The molecule has 1 rings (SSSR count). The van der Waals surface area contributed by atoms with Crippen LogP contribution in [0.5, 0.6) is 0 Å². The summed E-state index contributed by atoms with van der Waals surface area (Å²) in [5, 5.41) is 3.01. The van der Waals surface area contributed by atoms with E-state index in [9.17, 15) is 4.79 Å². The summed E-state index contributed by atoms with van der Waals surface area (Å²) in [6.07, 6.45) is 0.927. The predicted octanol–water partition coefficient (Wildman–Crippen LogP) is 3.06. The van der Waals surface area contributed by atoms with E-state index in [0.29, 0.717) is 12.5 Å². The van der Waals surface area contributed by atoms with Crippen molar-refractivity contribution in [3.8, 4) is 0 Å². The van der Waals surface area contributed by atoms with Gasteiger partial charge in [0.2, 0.25) is 5.91 Å². The predicted molar refractivity (Wildman–Crippen MR) is 84.5 cm³/mol. The van der Waals surface area contributed by atoms with Crippen LogP contribution in [-0.2, 0) is 4.79 Å². The molecule has 1 aromatic carbocycles. The molecular formula is C17H28N2O. The van der Waals surface area contributed by atoms with Crippen molar-refractivity contribution in [1.29, 1.82) is 0 Å². The third-order valence-electron chi connectivity index (χ3n) is 4.41. The molecule has 3 N–H and O–H groups in total. The third kappa shape index (κ3) is 4.07. The number of rotatable bonds is 6. The summed E-state index contributed by atoms with van der Waals surface area (Å²) < 4.78 is 0. The van der Waals surface area contributed by atoms with E-state index in [1.165, 1.54) is 5.56 Å². The van der Waals surface area contributed by atoms with E-state index in [1.54, 1.807) is 0 Å². The van der Waals surface area contributed by atoms with Crippen LogP contribution in [0, 0.1) is 5.41 Å². The van der Waals surface area contributed by atoms with Crippen molar-refractivity contribution >= 4 is 5.91 Å². The lowest BCUT2D eigenvalue weighted by Crippen LogP contribution is -2.55. The standard InChI is InChI=1S/C17H28N2O/c1-13(14-9-7-6-8-10-14)11-12-19-15(20)16(2,3)17(4,5)18/h6-10,13H,11-12,18H2,1-5H3,(H,19,20). The first kappa shape index (κ1) is 16.7. The van der Waals surface area contributed by atoms with Crippen LogP contribution < -0.4 is 11.1 Å². The van der Waals surface area contributed by atoms with Crippen LogP contribution in [0.3, 0.4) is 0 Å². The van der Waals surface area contributed by atoms with Crippen molar-refractivity contribution in [3.63, 3.8) is 0 Å². The second-order valence-corrected chi connectivity index (χ2v) is 6.70. The molecule has 1 atom stereocenters.